The van der Waals surface area contributed by atoms with Gasteiger partial charge in [0.05, 0.1) is 38.2 Å². The number of furan rings is 1. The molecule has 13 rings (SSSR count). The van der Waals surface area contributed by atoms with Gasteiger partial charge < -0.3 is 8.98 Å². The molecule has 9 aromatic carbocycles. The van der Waals surface area contributed by atoms with Crippen LogP contribution < -0.4 is 0 Å². The molecule has 0 amide bonds. The van der Waals surface area contributed by atoms with Crippen molar-refractivity contribution in [3.8, 4) is 28.2 Å². The Morgan fingerprint density at radius 2 is 1.14 bits per heavy atom. The van der Waals surface area contributed by atoms with Crippen molar-refractivity contribution in [1.82, 2.24) is 14.5 Å². The van der Waals surface area contributed by atoms with Crippen molar-refractivity contribution in [1.29, 1.82) is 0 Å². The van der Waals surface area contributed by atoms with Gasteiger partial charge in [-0.1, -0.05) is 140 Å². The standard InChI is InChI=1S/C52H29N3OS/c1-3-13-31(14-4-1)47-48(32-15-5-2-6-16-32)54-49-39(53-47)28-25-30-23-24-33-29-34(26-27-35(33)43(30)49)55-40-20-10-7-17-36(40)44-45-37-18-8-11-21-41(37)56-51(45)46-38-19-9-12-22-42(38)57-52(46)50(44)55/h1-29H. The minimum absolute atomic E-state index is 0.878. The molecule has 57 heavy (non-hydrogen) atoms. The molecule has 0 aliphatic heterocycles. The summed E-state index contributed by atoms with van der Waals surface area (Å²) >= 11 is 1.85. The largest absolute Gasteiger partial charge is 0.455 e. The van der Waals surface area contributed by atoms with Gasteiger partial charge in [0.25, 0.3) is 0 Å². The van der Waals surface area contributed by atoms with Gasteiger partial charge in [0.1, 0.15) is 11.2 Å². The van der Waals surface area contributed by atoms with Crippen molar-refractivity contribution < 1.29 is 4.42 Å². The molecule has 0 fully saturated rings. The van der Waals surface area contributed by atoms with Crippen LogP contribution in [0.1, 0.15) is 0 Å². The van der Waals surface area contributed by atoms with Crippen LogP contribution in [0.3, 0.4) is 0 Å². The normalized spacial score (nSPS) is 12.2. The smallest absolute Gasteiger partial charge is 0.145 e. The Labute approximate surface area is 329 Å². The molecule has 13 aromatic rings. The number of benzene rings is 9. The molecule has 4 aromatic heterocycles. The maximum atomic E-state index is 6.79. The first-order chi connectivity index (χ1) is 28.3. The summed E-state index contributed by atoms with van der Waals surface area (Å²) in [7, 11) is 0. The Hall–Kier alpha value is -7.34. The van der Waals surface area contributed by atoms with Crippen LogP contribution in [0.4, 0.5) is 0 Å². The number of para-hydroxylation sites is 2. The van der Waals surface area contributed by atoms with E-state index in [1.54, 1.807) is 0 Å². The van der Waals surface area contributed by atoms with E-state index in [1.165, 1.54) is 47.4 Å². The van der Waals surface area contributed by atoms with E-state index < -0.39 is 0 Å². The fraction of sp³-hybridized carbons (Fsp3) is 0. The molecule has 0 aliphatic rings. The minimum Gasteiger partial charge on any atom is -0.455 e. The summed E-state index contributed by atoms with van der Waals surface area (Å²) in [4.78, 5) is 10.8. The highest BCUT2D eigenvalue weighted by Crippen LogP contribution is 2.50. The van der Waals surface area contributed by atoms with Gasteiger partial charge in [0, 0.05) is 59.2 Å². The SMILES string of the molecule is c1ccc(-c2nc3ccc4ccc5cc(-n6c7ccccc7c7c8c9ccccc9oc8c8c9ccccc9sc8c76)ccc5c4c3nc2-c2ccccc2)cc1. The quantitative estimate of drug-likeness (QED) is 0.169. The van der Waals surface area contributed by atoms with Gasteiger partial charge in [-0.3, -0.25) is 0 Å². The first kappa shape index (κ1) is 30.9. The number of fused-ring (bicyclic) bond motifs is 17. The van der Waals surface area contributed by atoms with Gasteiger partial charge in [-0.15, -0.1) is 11.3 Å². The van der Waals surface area contributed by atoms with Crippen LogP contribution >= 0.6 is 11.3 Å². The lowest BCUT2D eigenvalue weighted by Gasteiger charge is -2.14. The highest BCUT2D eigenvalue weighted by Gasteiger charge is 2.25. The van der Waals surface area contributed by atoms with Crippen LogP contribution in [0.2, 0.25) is 0 Å². The van der Waals surface area contributed by atoms with E-state index in [-0.39, 0.29) is 0 Å². The van der Waals surface area contributed by atoms with Crippen molar-refractivity contribution >= 4 is 108 Å². The predicted molar refractivity (Wildman–Crippen MR) is 240 cm³/mol. The molecule has 0 bridgehead atoms. The zero-order chi connectivity index (χ0) is 37.2. The zero-order valence-electron chi connectivity index (χ0n) is 30.4. The average molecular weight is 744 g/mol. The monoisotopic (exact) mass is 743 g/mol. The second kappa shape index (κ2) is 11.6. The number of hydrogen-bond acceptors (Lipinski definition) is 4. The van der Waals surface area contributed by atoms with Gasteiger partial charge in [0.15, 0.2) is 0 Å². The Morgan fingerprint density at radius 3 is 1.96 bits per heavy atom. The molecule has 0 aliphatic carbocycles. The lowest BCUT2D eigenvalue weighted by Crippen LogP contribution is -1.97. The second-order valence-corrected chi connectivity index (χ2v) is 15.9. The van der Waals surface area contributed by atoms with Crippen molar-refractivity contribution in [3.05, 3.63) is 176 Å². The third kappa shape index (κ3) is 4.32. The van der Waals surface area contributed by atoms with Gasteiger partial charge >= 0.3 is 0 Å². The number of aromatic nitrogens is 3. The van der Waals surface area contributed by atoms with E-state index in [2.05, 4.69) is 168 Å². The second-order valence-electron chi connectivity index (χ2n) is 14.8. The molecule has 0 atom stereocenters. The van der Waals surface area contributed by atoms with Crippen molar-refractivity contribution in [3.63, 3.8) is 0 Å². The van der Waals surface area contributed by atoms with Crippen molar-refractivity contribution in [2.24, 2.45) is 0 Å². The third-order valence-corrected chi connectivity index (χ3v) is 12.9. The number of nitrogens with zero attached hydrogens (tertiary/aromatic N) is 3. The van der Waals surface area contributed by atoms with Crippen LogP contribution in [0.5, 0.6) is 0 Å². The van der Waals surface area contributed by atoms with Crippen LogP contribution in [-0.2, 0) is 0 Å². The topological polar surface area (TPSA) is 43.9 Å². The molecular weight excluding hydrogens is 715 g/mol. The van der Waals surface area contributed by atoms with Gasteiger partial charge in [-0.25, -0.2) is 9.97 Å². The molecule has 0 saturated carbocycles. The van der Waals surface area contributed by atoms with Gasteiger partial charge in [0.2, 0.25) is 0 Å². The summed E-state index contributed by atoms with van der Waals surface area (Å²) in [5.41, 5.74) is 11.0. The number of hydrogen-bond donors (Lipinski definition) is 0. The Kier molecular flexibility index (Phi) is 6.29. The zero-order valence-corrected chi connectivity index (χ0v) is 31.2. The summed E-state index contributed by atoms with van der Waals surface area (Å²) in [6.07, 6.45) is 0. The third-order valence-electron chi connectivity index (χ3n) is 11.7. The highest BCUT2D eigenvalue weighted by atomic mass is 32.1. The first-order valence-corrected chi connectivity index (χ1v) is 20.1. The van der Waals surface area contributed by atoms with Crippen molar-refractivity contribution in [2.45, 2.75) is 0 Å². The van der Waals surface area contributed by atoms with Crippen LogP contribution in [0, 0.1) is 0 Å². The molecule has 0 unspecified atom stereocenters. The van der Waals surface area contributed by atoms with Crippen LogP contribution in [0.25, 0.3) is 125 Å². The summed E-state index contributed by atoms with van der Waals surface area (Å²) in [6, 6.07) is 62.5. The van der Waals surface area contributed by atoms with Crippen LogP contribution in [-0.4, -0.2) is 14.5 Å². The van der Waals surface area contributed by atoms with E-state index in [1.807, 2.05) is 23.5 Å². The van der Waals surface area contributed by atoms with E-state index in [0.717, 1.165) is 77.3 Å². The fourth-order valence-corrected chi connectivity index (χ4v) is 10.5. The average Bonchev–Trinajstić information content (AvgIpc) is 3.96. The molecule has 4 heterocycles. The first-order valence-electron chi connectivity index (χ1n) is 19.2. The fourth-order valence-electron chi connectivity index (χ4n) is 9.27. The molecule has 264 valence electrons. The highest BCUT2D eigenvalue weighted by molar-refractivity contribution is 7.27. The Balaban J connectivity index is 1.13. The molecule has 4 nitrogen and oxygen atoms in total. The summed E-state index contributed by atoms with van der Waals surface area (Å²) < 4.78 is 11.8. The number of rotatable bonds is 3. The van der Waals surface area contributed by atoms with Gasteiger partial charge in [-0.05, 0) is 52.6 Å². The van der Waals surface area contributed by atoms with E-state index in [0.29, 0.717) is 0 Å². The molecule has 0 radical (unpaired) electrons. The molecular formula is C52H29N3OS. The van der Waals surface area contributed by atoms with E-state index >= 15 is 0 Å². The lowest BCUT2D eigenvalue weighted by molar-refractivity contribution is 0.673. The molecule has 5 heteroatoms. The van der Waals surface area contributed by atoms with Crippen LogP contribution in [0.15, 0.2) is 180 Å². The number of thiophene rings is 1. The summed E-state index contributed by atoms with van der Waals surface area (Å²) in [6.45, 7) is 0. The minimum atomic E-state index is 0.878. The van der Waals surface area contributed by atoms with E-state index in [9.17, 15) is 0 Å². The molecule has 0 saturated heterocycles. The van der Waals surface area contributed by atoms with Crippen molar-refractivity contribution in [2.75, 3.05) is 0 Å². The Morgan fingerprint density at radius 1 is 0.474 bits per heavy atom. The summed E-state index contributed by atoms with van der Waals surface area (Å²) in [5.74, 6) is 0. The maximum absolute atomic E-state index is 6.79. The molecule has 0 spiro atoms. The Bertz CT molecular complexity index is 3800. The maximum Gasteiger partial charge on any atom is 0.145 e. The summed E-state index contributed by atoms with van der Waals surface area (Å²) in [5, 5.41) is 11.7. The van der Waals surface area contributed by atoms with E-state index in [4.69, 9.17) is 14.4 Å². The predicted octanol–water partition coefficient (Wildman–Crippen LogP) is 14.6. The van der Waals surface area contributed by atoms with Gasteiger partial charge in [-0.2, -0.15) is 0 Å². The molecule has 0 N–H and O–H groups in total. The lowest BCUT2D eigenvalue weighted by atomic mass is 9.98.